The van der Waals surface area contributed by atoms with Crippen molar-refractivity contribution in [2.75, 3.05) is 5.32 Å². The average Bonchev–Trinajstić information content (AvgIpc) is 3.47. The second-order valence-electron chi connectivity index (χ2n) is 7.33. The fourth-order valence-corrected chi connectivity index (χ4v) is 3.20. The number of imidazole rings is 1. The number of amides is 1. The molecule has 4 aromatic heterocycles. The Kier molecular flexibility index (Phi) is 5.91. The summed E-state index contributed by atoms with van der Waals surface area (Å²) in [6.45, 7) is 11.1. The number of aromatic nitrogens is 6. The van der Waals surface area contributed by atoms with Gasteiger partial charge >= 0.3 is 0 Å². The van der Waals surface area contributed by atoms with E-state index in [1.807, 2.05) is 18.4 Å². The molecular formula is C22H18F2N8O. The summed E-state index contributed by atoms with van der Waals surface area (Å²) in [5.41, 5.74) is 0.841. The standard InChI is InChI=1S/C22H18F2N8O/c1-13(2)31-12-27-10-18(31)17-5-4-6-19(28-17)29-22(33)16-11-32(30-20(16)21(23)24)15-7-14(25-3)8-26-9-15/h4-13,21H,1-2H3,(H,28,29,33). The van der Waals surface area contributed by atoms with Gasteiger partial charge in [-0.15, -0.1) is 0 Å². The van der Waals surface area contributed by atoms with E-state index in [-0.39, 0.29) is 28.8 Å². The van der Waals surface area contributed by atoms with E-state index < -0.39 is 18.0 Å². The maximum atomic E-state index is 13.6. The molecule has 4 rings (SSSR count). The van der Waals surface area contributed by atoms with Gasteiger partial charge in [0, 0.05) is 24.6 Å². The topological polar surface area (TPSA) is 94.9 Å². The molecule has 33 heavy (non-hydrogen) atoms. The van der Waals surface area contributed by atoms with Gasteiger partial charge in [0.15, 0.2) is 0 Å². The summed E-state index contributed by atoms with van der Waals surface area (Å²) in [5.74, 6) is -0.591. The number of halogens is 2. The highest BCUT2D eigenvalue weighted by Crippen LogP contribution is 2.26. The van der Waals surface area contributed by atoms with Gasteiger partial charge in [-0.3, -0.25) is 9.78 Å². The number of rotatable bonds is 6. The zero-order valence-electron chi connectivity index (χ0n) is 17.6. The second-order valence-corrected chi connectivity index (χ2v) is 7.33. The largest absolute Gasteiger partial charge is 0.327 e. The number of nitrogens with zero attached hydrogens (tertiary/aromatic N) is 7. The van der Waals surface area contributed by atoms with Crippen molar-refractivity contribution in [2.24, 2.45) is 0 Å². The lowest BCUT2D eigenvalue weighted by Crippen LogP contribution is -2.14. The van der Waals surface area contributed by atoms with Gasteiger partial charge in [-0.1, -0.05) is 6.07 Å². The Labute approximate surface area is 187 Å². The van der Waals surface area contributed by atoms with Crippen LogP contribution in [0.3, 0.4) is 0 Å². The van der Waals surface area contributed by atoms with Crippen LogP contribution in [0, 0.1) is 6.57 Å². The Balaban J connectivity index is 1.64. The predicted octanol–water partition coefficient (Wildman–Crippen LogP) is 4.85. The first-order chi connectivity index (χ1) is 15.9. The Hall–Kier alpha value is -4.46. The Morgan fingerprint density at radius 1 is 1.18 bits per heavy atom. The molecule has 0 aliphatic heterocycles. The summed E-state index contributed by atoms with van der Waals surface area (Å²) in [6, 6.07) is 6.62. The summed E-state index contributed by atoms with van der Waals surface area (Å²) in [4.78, 5) is 28.6. The maximum Gasteiger partial charge on any atom is 0.282 e. The molecular weight excluding hydrogens is 430 g/mol. The van der Waals surface area contributed by atoms with Crippen LogP contribution in [0.25, 0.3) is 21.9 Å². The normalized spacial score (nSPS) is 11.1. The van der Waals surface area contributed by atoms with Crippen LogP contribution in [0.1, 0.15) is 42.4 Å². The molecule has 0 bridgehead atoms. The molecule has 0 unspecified atom stereocenters. The number of hydrogen-bond acceptors (Lipinski definition) is 5. The number of anilines is 1. The van der Waals surface area contributed by atoms with Crippen LogP contribution in [-0.2, 0) is 0 Å². The van der Waals surface area contributed by atoms with Gasteiger partial charge < -0.3 is 9.88 Å². The molecule has 0 spiro atoms. The summed E-state index contributed by atoms with van der Waals surface area (Å²) in [6.07, 6.45) is 4.25. The molecule has 9 nitrogen and oxygen atoms in total. The molecule has 0 fully saturated rings. The van der Waals surface area contributed by atoms with Crippen LogP contribution in [-0.4, -0.2) is 35.2 Å². The van der Waals surface area contributed by atoms with Crippen molar-refractivity contribution in [2.45, 2.75) is 26.3 Å². The van der Waals surface area contributed by atoms with Gasteiger partial charge in [-0.25, -0.2) is 28.3 Å². The first-order valence-electron chi connectivity index (χ1n) is 9.88. The van der Waals surface area contributed by atoms with Gasteiger partial charge in [0.05, 0.1) is 41.7 Å². The Bertz CT molecular complexity index is 1350. The van der Waals surface area contributed by atoms with E-state index in [0.29, 0.717) is 5.69 Å². The van der Waals surface area contributed by atoms with Crippen LogP contribution in [0.15, 0.2) is 55.4 Å². The molecule has 166 valence electrons. The lowest BCUT2D eigenvalue weighted by molar-refractivity contribution is 0.101. The van der Waals surface area contributed by atoms with Crippen LogP contribution in [0.4, 0.5) is 20.3 Å². The highest BCUT2D eigenvalue weighted by molar-refractivity contribution is 6.04. The van der Waals surface area contributed by atoms with Crippen molar-refractivity contribution in [1.82, 2.24) is 29.3 Å². The molecule has 1 amide bonds. The summed E-state index contributed by atoms with van der Waals surface area (Å²) in [7, 11) is 0. The first-order valence-corrected chi connectivity index (χ1v) is 9.88. The van der Waals surface area contributed by atoms with E-state index in [2.05, 4.69) is 30.2 Å². The molecule has 0 atom stereocenters. The van der Waals surface area contributed by atoms with Crippen LogP contribution in [0.5, 0.6) is 0 Å². The third kappa shape index (κ3) is 4.45. The molecule has 11 heteroatoms. The number of nitrogens with one attached hydrogen (secondary N) is 1. The van der Waals surface area contributed by atoms with E-state index in [0.717, 1.165) is 10.4 Å². The van der Waals surface area contributed by atoms with E-state index in [1.165, 1.54) is 24.7 Å². The molecule has 0 radical (unpaired) electrons. The van der Waals surface area contributed by atoms with Crippen molar-refractivity contribution < 1.29 is 13.6 Å². The molecule has 4 aromatic rings. The third-order valence-electron chi connectivity index (χ3n) is 4.77. The van der Waals surface area contributed by atoms with Crippen molar-refractivity contribution in [3.05, 3.63) is 78.1 Å². The van der Waals surface area contributed by atoms with E-state index in [1.54, 1.807) is 30.7 Å². The lowest BCUT2D eigenvalue weighted by atomic mass is 10.2. The number of carbonyl (C=O) groups excluding carboxylic acids is 1. The second kappa shape index (κ2) is 8.96. The lowest BCUT2D eigenvalue weighted by Gasteiger charge is -2.12. The van der Waals surface area contributed by atoms with Gasteiger partial charge in [0.25, 0.3) is 12.3 Å². The minimum atomic E-state index is -2.98. The van der Waals surface area contributed by atoms with Crippen molar-refractivity contribution in [1.29, 1.82) is 0 Å². The average molecular weight is 448 g/mol. The predicted molar refractivity (Wildman–Crippen MR) is 116 cm³/mol. The summed E-state index contributed by atoms with van der Waals surface area (Å²) in [5, 5.41) is 6.40. The van der Waals surface area contributed by atoms with Crippen molar-refractivity contribution >= 4 is 17.4 Å². The SMILES string of the molecule is [C-]#[N+]c1cncc(-n2cc(C(=O)Nc3cccc(-c4cncn4C(C)C)n3)c(C(F)F)n2)c1. The van der Waals surface area contributed by atoms with Gasteiger partial charge in [0.2, 0.25) is 5.69 Å². The number of hydrogen-bond donors (Lipinski definition) is 1. The smallest absolute Gasteiger partial charge is 0.282 e. The zero-order valence-corrected chi connectivity index (χ0v) is 17.6. The molecule has 0 aromatic carbocycles. The minimum absolute atomic E-state index is 0.151. The van der Waals surface area contributed by atoms with Gasteiger partial charge in [0.1, 0.15) is 11.5 Å². The summed E-state index contributed by atoms with van der Waals surface area (Å²) < 4.78 is 30.3. The molecule has 0 saturated carbocycles. The molecule has 0 aliphatic rings. The third-order valence-corrected chi connectivity index (χ3v) is 4.77. The van der Waals surface area contributed by atoms with Crippen LogP contribution < -0.4 is 5.32 Å². The monoisotopic (exact) mass is 448 g/mol. The molecule has 0 saturated heterocycles. The number of carbonyl (C=O) groups is 1. The van der Waals surface area contributed by atoms with Gasteiger partial charge in [-0.2, -0.15) is 5.10 Å². The number of pyridine rings is 2. The zero-order chi connectivity index (χ0) is 23.5. The Morgan fingerprint density at radius 2 is 2.00 bits per heavy atom. The summed E-state index contributed by atoms with van der Waals surface area (Å²) >= 11 is 0. The van der Waals surface area contributed by atoms with E-state index in [9.17, 15) is 13.6 Å². The van der Waals surface area contributed by atoms with Crippen LogP contribution >= 0.6 is 0 Å². The number of alkyl halides is 2. The quantitative estimate of drug-likeness (QED) is 0.426. The molecule has 0 aliphatic carbocycles. The molecule has 4 heterocycles. The highest BCUT2D eigenvalue weighted by atomic mass is 19.3. The highest BCUT2D eigenvalue weighted by Gasteiger charge is 2.24. The van der Waals surface area contributed by atoms with Crippen LogP contribution in [0.2, 0.25) is 0 Å². The van der Waals surface area contributed by atoms with E-state index >= 15 is 0 Å². The van der Waals surface area contributed by atoms with E-state index in [4.69, 9.17) is 6.57 Å². The van der Waals surface area contributed by atoms with Gasteiger partial charge in [-0.05, 0) is 32.0 Å². The Morgan fingerprint density at radius 3 is 2.73 bits per heavy atom. The minimum Gasteiger partial charge on any atom is -0.327 e. The maximum absolute atomic E-state index is 13.6. The van der Waals surface area contributed by atoms with Crippen molar-refractivity contribution in [3.63, 3.8) is 0 Å². The van der Waals surface area contributed by atoms with Crippen molar-refractivity contribution in [3.8, 4) is 17.1 Å². The fraction of sp³-hybridized carbons (Fsp3) is 0.182. The first kappa shape index (κ1) is 21.8. The molecule has 1 N–H and O–H groups in total. The fourth-order valence-electron chi connectivity index (χ4n) is 3.20.